The number of carbonyl (C=O) groups excluding carboxylic acids is 1. The van der Waals surface area contributed by atoms with Gasteiger partial charge in [-0.3, -0.25) is 4.79 Å². The normalized spacial score (nSPS) is 10.7. The molecular weight excluding hydrogens is 300 g/mol. The van der Waals surface area contributed by atoms with Gasteiger partial charge in [0.2, 0.25) is 5.91 Å². The zero-order valence-electron chi connectivity index (χ0n) is 14.8. The van der Waals surface area contributed by atoms with Gasteiger partial charge in [0.05, 0.1) is 11.8 Å². The van der Waals surface area contributed by atoms with Crippen LogP contribution in [0, 0.1) is 13.8 Å². The lowest BCUT2D eigenvalue weighted by molar-refractivity contribution is -0.116. The van der Waals surface area contributed by atoms with Crippen molar-refractivity contribution in [3.8, 4) is 5.75 Å². The standard InChI is InChI=1S/C20H26N2O2/c1-13(2)24-19-9-6-16(12-17(19)21)7-10-20(23)22-18-8-5-14(3)11-15(18)4/h5-6,8-9,11-13H,7,10,21H2,1-4H3,(H,22,23). The zero-order chi connectivity index (χ0) is 17.7. The van der Waals surface area contributed by atoms with Gasteiger partial charge in [-0.2, -0.15) is 0 Å². The Labute approximate surface area is 144 Å². The lowest BCUT2D eigenvalue weighted by atomic mass is 10.1. The molecule has 0 aliphatic rings. The minimum absolute atomic E-state index is 0.00281. The van der Waals surface area contributed by atoms with Crippen molar-refractivity contribution in [3.63, 3.8) is 0 Å². The molecule has 128 valence electrons. The van der Waals surface area contributed by atoms with Crippen LogP contribution in [0.1, 0.15) is 37.0 Å². The number of ether oxygens (including phenoxy) is 1. The first kappa shape index (κ1) is 17.9. The number of aryl methyl sites for hydroxylation is 3. The average Bonchev–Trinajstić information content (AvgIpc) is 2.50. The van der Waals surface area contributed by atoms with Gasteiger partial charge in [0.15, 0.2) is 0 Å². The van der Waals surface area contributed by atoms with Gasteiger partial charge >= 0.3 is 0 Å². The molecule has 1 amide bonds. The van der Waals surface area contributed by atoms with Crippen molar-refractivity contribution < 1.29 is 9.53 Å². The molecule has 0 saturated carbocycles. The van der Waals surface area contributed by atoms with Crippen LogP contribution in [0.4, 0.5) is 11.4 Å². The van der Waals surface area contributed by atoms with Crippen molar-refractivity contribution in [1.29, 1.82) is 0 Å². The maximum absolute atomic E-state index is 12.2. The molecule has 24 heavy (non-hydrogen) atoms. The Morgan fingerprint density at radius 1 is 1.17 bits per heavy atom. The van der Waals surface area contributed by atoms with Gasteiger partial charge in [-0.1, -0.05) is 23.8 Å². The van der Waals surface area contributed by atoms with Crippen LogP contribution >= 0.6 is 0 Å². The predicted molar refractivity (Wildman–Crippen MR) is 99.5 cm³/mol. The molecule has 4 heteroatoms. The quantitative estimate of drug-likeness (QED) is 0.780. The first-order valence-electron chi connectivity index (χ1n) is 8.27. The summed E-state index contributed by atoms with van der Waals surface area (Å²) in [6.45, 7) is 7.96. The molecule has 0 radical (unpaired) electrons. The Bertz CT molecular complexity index is 724. The van der Waals surface area contributed by atoms with Crippen LogP contribution in [0.25, 0.3) is 0 Å². The molecule has 3 N–H and O–H groups in total. The summed E-state index contributed by atoms with van der Waals surface area (Å²) in [6.07, 6.45) is 1.14. The minimum Gasteiger partial charge on any atom is -0.489 e. The Balaban J connectivity index is 1.93. The Kier molecular flexibility index (Phi) is 5.85. The van der Waals surface area contributed by atoms with E-state index in [4.69, 9.17) is 10.5 Å². The lowest BCUT2D eigenvalue weighted by Gasteiger charge is -2.13. The van der Waals surface area contributed by atoms with E-state index >= 15 is 0 Å². The van der Waals surface area contributed by atoms with E-state index in [9.17, 15) is 4.79 Å². The van der Waals surface area contributed by atoms with Crippen LogP contribution in [0.3, 0.4) is 0 Å². The highest BCUT2D eigenvalue weighted by Gasteiger charge is 2.08. The van der Waals surface area contributed by atoms with Crippen LogP contribution in [-0.4, -0.2) is 12.0 Å². The van der Waals surface area contributed by atoms with E-state index in [0.29, 0.717) is 24.3 Å². The van der Waals surface area contributed by atoms with Gasteiger partial charge in [-0.05, 0) is 63.4 Å². The van der Waals surface area contributed by atoms with E-state index < -0.39 is 0 Å². The second-order valence-electron chi connectivity index (χ2n) is 6.41. The summed E-state index contributed by atoms with van der Waals surface area (Å²) < 4.78 is 5.62. The van der Waals surface area contributed by atoms with Crippen LogP contribution in [-0.2, 0) is 11.2 Å². The van der Waals surface area contributed by atoms with E-state index in [0.717, 1.165) is 16.8 Å². The van der Waals surface area contributed by atoms with Crippen LogP contribution in [0.2, 0.25) is 0 Å². The SMILES string of the molecule is Cc1ccc(NC(=O)CCc2ccc(OC(C)C)c(N)c2)c(C)c1. The molecule has 2 aromatic rings. The zero-order valence-corrected chi connectivity index (χ0v) is 14.8. The van der Waals surface area contributed by atoms with Crippen molar-refractivity contribution in [2.75, 3.05) is 11.1 Å². The molecule has 0 spiro atoms. The molecule has 0 fully saturated rings. The molecule has 0 aliphatic heterocycles. The summed E-state index contributed by atoms with van der Waals surface area (Å²) in [5.41, 5.74) is 10.8. The van der Waals surface area contributed by atoms with E-state index in [-0.39, 0.29) is 12.0 Å². The summed E-state index contributed by atoms with van der Waals surface area (Å²) in [6, 6.07) is 11.7. The molecule has 0 unspecified atom stereocenters. The van der Waals surface area contributed by atoms with E-state index in [1.807, 2.05) is 58.0 Å². The van der Waals surface area contributed by atoms with E-state index in [2.05, 4.69) is 11.4 Å². The van der Waals surface area contributed by atoms with Crippen molar-refractivity contribution in [2.45, 2.75) is 46.6 Å². The van der Waals surface area contributed by atoms with Crippen LogP contribution in [0.15, 0.2) is 36.4 Å². The van der Waals surface area contributed by atoms with Gasteiger partial charge in [-0.15, -0.1) is 0 Å². The topological polar surface area (TPSA) is 64.3 Å². The van der Waals surface area contributed by atoms with Crippen LogP contribution < -0.4 is 15.8 Å². The second kappa shape index (κ2) is 7.86. The third-order valence-corrected chi connectivity index (χ3v) is 3.73. The number of nitrogens with one attached hydrogen (secondary N) is 1. The summed E-state index contributed by atoms with van der Waals surface area (Å²) >= 11 is 0. The van der Waals surface area contributed by atoms with Crippen molar-refractivity contribution in [3.05, 3.63) is 53.1 Å². The van der Waals surface area contributed by atoms with E-state index in [1.165, 1.54) is 5.56 Å². The molecule has 0 aliphatic carbocycles. The van der Waals surface area contributed by atoms with Gasteiger partial charge in [-0.25, -0.2) is 0 Å². The molecule has 0 heterocycles. The molecule has 0 bridgehead atoms. The summed E-state index contributed by atoms with van der Waals surface area (Å²) in [7, 11) is 0. The smallest absolute Gasteiger partial charge is 0.224 e. The van der Waals surface area contributed by atoms with Gasteiger partial charge in [0, 0.05) is 12.1 Å². The largest absolute Gasteiger partial charge is 0.489 e. The molecule has 2 aromatic carbocycles. The summed E-state index contributed by atoms with van der Waals surface area (Å²) in [4.78, 5) is 12.2. The van der Waals surface area contributed by atoms with Gasteiger partial charge in [0.25, 0.3) is 0 Å². The predicted octanol–water partition coefficient (Wildman–Crippen LogP) is 4.24. The van der Waals surface area contributed by atoms with Gasteiger partial charge < -0.3 is 15.8 Å². The maximum atomic E-state index is 12.2. The first-order valence-corrected chi connectivity index (χ1v) is 8.27. The number of hydrogen-bond acceptors (Lipinski definition) is 3. The number of benzene rings is 2. The first-order chi connectivity index (χ1) is 11.3. The monoisotopic (exact) mass is 326 g/mol. The lowest BCUT2D eigenvalue weighted by Crippen LogP contribution is -2.13. The Hall–Kier alpha value is -2.49. The highest BCUT2D eigenvalue weighted by molar-refractivity contribution is 5.91. The summed E-state index contributed by atoms with van der Waals surface area (Å²) in [5, 5.41) is 2.96. The third-order valence-electron chi connectivity index (χ3n) is 3.73. The van der Waals surface area contributed by atoms with Crippen molar-refractivity contribution in [2.24, 2.45) is 0 Å². The highest BCUT2D eigenvalue weighted by atomic mass is 16.5. The maximum Gasteiger partial charge on any atom is 0.224 e. The second-order valence-corrected chi connectivity index (χ2v) is 6.41. The number of amides is 1. The molecule has 4 nitrogen and oxygen atoms in total. The number of rotatable bonds is 6. The summed E-state index contributed by atoms with van der Waals surface area (Å²) in [5.74, 6) is 0.691. The van der Waals surface area contributed by atoms with E-state index in [1.54, 1.807) is 0 Å². The molecule has 0 aromatic heterocycles. The number of nitrogens with two attached hydrogens (primary N) is 1. The van der Waals surface area contributed by atoms with Crippen LogP contribution in [0.5, 0.6) is 5.75 Å². The highest BCUT2D eigenvalue weighted by Crippen LogP contribution is 2.24. The average molecular weight is 326 g/mol. The number of carbonyl (C=O) groups is 1. The molecule has 0 atom stereocenters. The third kappa shape index (κ3) is 5.01. The molecule has 0 saturated heterocycles. The number of nitrogen functional groups attached to an aromatic ring is 1. The van der Waals surface area contributed by atoms with Gasteiger partial charge in [0.1, 0.15) is 5.75 Å². The Morgan fingerprint density at radius 2 is 1.92 bits per heavy atom. The molecular formula is C20H26N2O2. The fourth-order valence-electron chi connectivity index (χ4n) is 2.54. The number of anilines is 2. The Morgan fingerprint density at radius 3 is 2.54 bits per heavy atom. The fraction of sp³-hybridized carbons (Fsp3) is 0.350. The minimum atomic E-state index is 0.00281. The van der Waals surface area contributed by atoms with Crippen molar-refractivity contribution >= 4 is 17.3 Å². The van der Waals surface area contributed by atoms with Crippen molar-refractivity contribution in [1.82, 2.24) is 0 Å². The fourth-order valence-corrected chi connectivity index (χ4v) is 2.54. The number of hydrogen-bond donors (Lipinski definition) is 2. The molecule has 2 rings (SSSR count).